The molecule has 0 radical (unpaired) electrons. The SMILES string of the molecule is CN(C[C@H](O)[C@@H](O)[C@H](O)CCO)C(=O)Cc1ccc(NC(=O)c2ccc(CN(Cc3ccccn3)Cc3ccccn3)nc2)cc1. The Balaban J connectivity index is 1.30. The van der Waals surface area contributed by atoms with Crippen molar-refractivity contribution in [3.05, 3.63) is 120 Å². The molecule has 0 fully saturated rings. The van der Waals surface area contributed by atoms with Gasteiger partial charge < -0.3 is 30.6 Å². The molecular weight excluding hydrogens is 588 g/mol. The standard InChI is InChI=1S/C34H40N6O6/c1-39(23-31(43)33(45)30(42)14-17-41)32(44)18-24-8-11-26(12-9-24)38-34(46)25-10-13-29(37-19-25)22-40(20-27-6-2-4-15-35-27)21-28-7-3-5-16-36-28/h2-13,15-16,19,30-31,33,41-43,45H,14,17-18,20-23H2,1H3,(H,38,46)/t30-,31+,33+/m1/s1. The van der Waals surface area contributed by atoms with Crippen molar-refractivity contribution in [3.8, 4) is 0 Å². The lowest BCUT2D eigenvalue weighted by Crippen LogP contribution is -2.45. The van der Waals surface area contributed by atoms with Crippen LogP contribution in [-0.2, 0) is 30.8 Å². The number of carbonyl (C=O) groups excluding carboxylic acids is 2. The van der Waals surface area contributed by atoms with Crippen molar-refractivity contribution in [1.29, 1.82) is 0 Å². The van der Waals surface area contributed by atoms with E-state index < -0.39 is 18.3 Å². The lowest BCUT2D eigenvalue weighted by Gasteiger charge is -2.26. The highest BCUT2D eigenvalue weighted by Gasteiger charge is 2.26. The summed E-state index contributed by atoms with van der Waals surface area (Å²) >= 11 is 0. The van der Waals surface area contributed by atoms with Crippen LogP contribution in [0.3, 0.4) is 0 Å². The van der Waals surface area contributed by atoms with Crippen LogP contribution in [0.4, 0.5) is 5.69 Å². The van der Waals surface area contributed by atoms with E-state index in [0.717, 1.165) is 17.1 Å². The molecule has 0 aliphatic heterocycles. The van der Waals surface area contributed by atoms with Gasteiger partial charge in [0.2, 0.25) is 5.91 Å². The van der Waals surface area contributed by atoms with Crippen LogP contribution in [0.1, 0.15) is 39.4 Å². The fourth-order valence-corrected chi connectivity index (χ4v) is 4.76. The highest BCUT2D eigenvalue weighted by molar-refractivity contribution is 6.04. The van der Waals surface area contributed by atoms with Crippen LogP contribution in [0.25, 0.3) is 0 Å². The molecule has 12 heteroatoms. The quantitative estimate of drug-likeness (QED) is 0.123. The Morgan fingerprint density at radius 2 is 1.39 bits per heavy atom. The van der Waals surface area contributed by atoms with Crippen LogP contribution in [-0.4, -0.2) is 95.5 Å². The lowest BCUT2D eigenvalue weighted by molar-refractivity contribution is -0.133. The predicted molar refractivity (Wildman–Crippen MR) is 171 cm³/mol. The van der Waals surface area contributed by atoms with Crippen LogP contribution in [0.15, 0.2) is 91.4 Å². The van der Waals surface area contributed by atoms with Crippen LogP contribution in [0, 0.1) is 0 Å². The first kappa shape index (κ1) is 34.3. The van der Waals surface area contributed by atoms with E-state index in [1.807, 2.05) is 42.5 Å². The van der Waals surface area contributed by atoms with Crippen LogP contribution < -0.4 is 5.32 Å². The average molecular weight is 629 g/mol. The number of aliphatic hydroxyl groups excluding tert-OH is 4. The lowest BCUT2D eigenvalue weighted by atomic mass is 10.0. The fourth-order valence-electron chi connectivity index (χ4n) is 4.76. The van der Waals surface area contributed by atoms with Crippen LogP contribution >= 0.6 is 0 Å². The molecule has 3 heterocycles. The van der Waals surface area contributed by atoms with Gasteiger partial charge in [0, 0.05) is 64.1 Å². The number of carbonyl (C=O) groups is 2. The Labute approximate surface area is 268 Å². The number of amides is 2. The minimum absolute atomic E-state index is 0.0375. The zero-order valence-electron chi connectivity index (χ0n) is 25.7. The zero-order valence-corrected chi connectivity index (χ0v) is 25.7. The summed E-state index contributed by atoms with van der Waals surface area (Å²) in [6, 6.07) is 22.0. The summed E-state index contributed by atoms with van der Waals surface area (Å²) in [4.78, 5) is 42.4. The minimum Gasteiger partial charge on any atom is -0.396 e. The maximum absolute atomic E-state index is 12.9. The number of anilines is 1. The monoisotopic (exact) mass is 628 g/mol. The zero-order chi connectivity index (χ0) is 32.9. The Morgan fingerprint density at radius 3 is 1.91 bits per heavy atom. The van der Waals surface area contributed by atoms with Crippen molar-refractivity contribution in [2.24, 2.45) is 0 Å². The van der Waals surface area contributed by atoms with E-state index in [9.17, 15) is 24.9 Å². The summed E-state index contributed by atoms with van der Waals surface area (Å²) in [5.41, 5.74) is 4.30. The van der Waals surface area contributed by atoms with E-state index in [1.54, 1.807) is 48.9 Å². The summed E-state index contributed by atoms with van der Waals surface area (Å²) in [6.45, 7) is 1.24. The van der Waals surface area contributed by atoms with Gasteiger partial charge in [0.1, 0.15) is 6.10 Å². The number of pyridine rings is 3. The number of aromatic nitrogens is 3. The molecule has 0 spiro atoms. The maximum Gasteiger partial charge on any atom is 0.257 e. The fraction of sp³-hybridized carbons (Fsp3) is 0.324. The number of hydrogen-bond donors (Lipinski definition) is 5. The third-order valence-electron chi connectivity index (χ3n) is 7.36. The number of likely N-dealkylation sites (N-methyl/N-ethyl adjacent to an activating group) is 1. The molecule has 0 aliphatic rings. The first-order valence-electron chi connectivity index (χ1n) is 15.0. The van der Waals surface area contributed by atoms with E-state index in [1.165, 1.54) is 11.9 Å². The molecule has 3 atom stereocenters. The van der Waals surface area contributed by atoms with Crippen LogP contribution in [0.2, 0.25) is 0 Å². The molecule has 0 saturated heterocycles. The van der Waals surface area contributed by atoms with Gasteiger partial charge in [-0.25, -0.2) is 0 Å². The van der Waals surface area contributed by atoms with E-state index in [0.29, 0.717) is 36.4 Å². The Bertz CT molecular complexity index is 1470. The van der Waals surface area contributed by atoms with Gasteiger partial charge in [-0.1, -0.05) is 24.3 Å². The minimum atomic E-state index is -1.49. The maximum atomic E-state index is 12.9. The molecule has 0 saturated carbocycles. The highest BCUT2D eigenvalue weighted by Crippen LogP contribution is 2.15. The summed E-state index contributed by atoms with van der Waals surface area (Å²) in [7, 11) is 1.49. The second kappa shape index (κ2) is 17.2. The van der Waals surface area contributed by atoms with E-state index in [4.69, 9.17) is 5.11 Å². The van der Waals surface area contributed by atoms with Crippen molar-refractivity contribution >= 4 is 17.5 Å². The Hall–Kier alpha value is -4.59. The molecule has 242 valence electrons. The van der Waals surface area contributed by atoms with E-state index >= 15 is 0 Å². The summed E-state index contributed by atoms with van der Waals surface area (Å²) < 4.78 is 0. The third kappa shape index (κ3) is 10.5. The van der Waals surface area contributed by atoms with Gasteiger partial charge in [-0.05, 0) is 60.5 Å². The van der Waals surface area contributed by atoms with E-state index in [2.05, 4.69) is 25.2 Å². The number of aliphatic hydroxyl groups is 4. The van der Waals surface area contributed by atoms with E-state index in [-0.39, 0.29) is 37.8 Å². The Kier molecular flexibility index (Phi) is 12.8. The number of rotatable bonds is 16. The van der Waals surface area contributed by atoms with Crippen LogP contribution in [0.5, 0.6) is 0 Å². The summed E-state index contributed by atoms with van der Waals surface area (Å²) in [6.07, 6.45) is 0.883. The van der Waals surface area contributed by atoms with Crippen molar-refractivity contribution in [1.82, 2.24) is 24.8 Å². The molecule has 4 aromatic rings. The molecule has 1 aromatic carbocycles. The smallest absolute Gasteiger partial charge is 0.257 e. The molecule has 0 aliphatic carbocycles. The normalized spacial score (nSPS) is 13.2. The molecule has 0 unspecified atom stereocenters. The average Bonchev–Trinajstić information content (AvgIpc) is 3.06. The van der Waals surface area contributed by atoms with Gasteiger partial charge in [-0.15, -0.1) is 0 Å². The highest BCUT2D eigenvalue weighted by atomic mass is 16.4. The molecule has 12 nitrogen and oxygen atoms in total. The number of nitrogens with one attached hydrogen (secondary N) is 1. The van der Waals surface area contributed by atoms with Crippen molar-refractivity contribution in [2.75, 3.05) is 25.5 Å². The summed E-state index contributed by atoms with van der Waals surface area (Å²) in [5, 5.41) is 41.6. The second-order valence-corrected chi connectivity index (χ2v) is 11.1. The van der Waals surface area contributed by atoms with Crippen molar-refractivity contribution in [3.63, 3.8) is 0 Å². The molecule has 4 rings (SSSR count). The van der Waals surface area contributed by atoms with Crippen molar-refractivity contribution in [2.45, 2.75) is 50.8 Å². The van der Waals surface area contributed by atoms with Gasteiger partial charge in [0.25, 0.3) is 5.91 Å². The van der Waals surface area contributed by atoms with Gasteiger partial charge in [0.15, 0.2) is 0 Å². The number of benzene rings is 1. The largest absolute Gasteiger partial charge is 0.396 e. The first-order chi connectivity index (χ1) is 22.2. The molecule has 0 bridgehead atoms. The van der Waals surface area contributed by atoms with Gasteiger partial charge in [0.05, 0.1) is 41.3 Å². The van der Waals surface area contributed by atoms with Gasteiger partial charge >= 0.3 is 0 Å². The molecule has 2 amide bonds. The number of hydrogen-bond acceptors (Lipinski definition) is 10. The predicted octanol–water partition coefficient (Wildman–Crippen LogP) is 1.79. The summed E-state index contributed by atoms with van der Waals surface area (Å²) in [5.74, 6) is -0.623. The molecule has 46 heavy (non-hydrogen) atoms. The Morgan fingerprint density at radius 1 is 0.783 bits per heavy atom. The molecular formula is C34H40N6O6. The molecule has 5 N–H and O–H groups in total. The first-order valence-corrected chi connectivity index (χ1v) is 15.0. The van der Waals surface area contributed by atoms with Gasteiger partial charge in [-0.3, -0.25) is 29.4 Å². The molecule has 3 aromatic heterocycles. The number of nitrogens with zero attached hydrogens (tertiary/aromatic N) is 5. The second-order valence-electron chi connectivity index (χ2n) is 11.1. The van der Waals surface area contributed by atoms with Crippen molar-refractivity contribution < 1.29 is 30.0 Å². The third-order valence-corrected chi connectivity index (χ3v) is 7.36. The van der Waals surface area contributed by atoms with Gasteiger partial charge in [-0.2, -0.15) is 0 Å². The topological polar surface area (TPSA) is 172 Å².